The summed E-state index contributed by atoms with van der Waals surface area (Å²) in [5, 5.41) is 3.34. The third kappa shape index (κ3) is 6.62. The minimum absolute atomic E-state index is 0.00333. The van der Waals surface area contributed by atoms with Crippen molar-refractivity contribution in [2.45, 2.75) is 39.7 Å². The largest absolute Gasteiger partial charge is 0.497 e. The molecule has 0 aliphatic carbocycles. The summed E-state index contributed by atoms with van der Waals surface area (Å²) in [6.07, 6.45) is 1.53. The molecule has 1 saturated heterocycles. The van der Waals surface area contributed by atoms with E-state index in [9.17, 15) is 4.79 Å². The zero-order valence-electron chi connectivity index (χ0n) is 17.4. The number of nitrogens with one attached hydrogen (secondary N) is 1. The molecule has 1 N–H and O–H groups in total. The molecule has 28 heavy (non-hydrogen) atoms. The minimum atomic E-state index is -0.0781. The summed E-state index contributed by atoms with van der Waals surface area (Å²) in [6.45, 7) is 9.28. The Bertz CT molecular complexity index is 625. The van der Waals surface area contributed by atoms with E-state index in [-0.39, 0.29) is 18.0 Å². The molecule has 156 valence electrons. The first-order chi connectivity index (χ1) is 13.6. The highest BCUT2D eigenvalue weighted by Crippen LogP contribution is 2.20. The predicted octanol–water partition coefficient (Wildman–Crippen LogP) is 2.70. The quantitative estimate of drug-likeness (QED) is 0.417. The fraction of sp³-hybridized carbons (Fsp3) is 0.619. The Morgan fingerprint density at radius 2 is 1.86 bits per heavy atom. The van der Waals surface area contributed by atoms with Gasteiger partial charge in [-0.15, -0.1) is 0 Å². The topological polar surface area (TPSA) is 72.4 Å². The Hall–Kier alpha value is -2.44. The fourth-order valence-corrected chi connectivity index (χ4v) is 3.15. The van der Waals surface area contributed by atoms with Crippen LogP contribution < -0.4 is 14.8 Å². The van der Waals surface area contributed by atoms with Crippen molar-refractivity contribution < 1.29 is 19.0 Å². The van der Waals surface area contributed by atoms with Crippen molar-refractivity contribution in [3.8, 4) is 11.5 Å². The van der Waals surface area contributed by atoms with Gasteiger partial charge in [-0.05, 0) is 57.9 Å². The van der Waals surface area contributed by atoms with Crippen molar-refractivity contribution in [2.75, 3.05) is 39.9 Å². The highest BCUT2D eigenvalue weighted by atomic mass is 16.5. The molecular weight excluding hydrogens is 358 g/mol. The number of carbonyl (C=O) groups excluding carboxylic acids is 1. The van der Waals surface area contributed by atoms with Crippen LogP contribution in [0, 0.1) is 5.92 Å². The number of likely N-dealkylation sites (tertiary alicyclic amines) is 1. The third-order valence-electron chi connectivity index (χ3n) is 4.64. The summed E-state index contributed by atoms with van der Waals surface area (Å²) in [5.41, 5.74) is 0. The molecule has 1 unspecified atom stereocenters. The van der Waals surface area contributed by atoms with Gasteiger partial charge in [0.25, 0.3) is 0 Å². The van der Waals surface area contributed by atoms with E-state index in [4.69, 9.17) is 19.2 Å². The number of guanidine groups is 1. The number of ether oxygens (including phenoxy) is 3. The van der Waals surface area contributed by atoms with Gasteiger partial charge < -0.3 is 24.4 Å². The Labute approximate surface area is 168 Å². The SMILES string of the molecule is CCNC(=NCC(C)Oc1ccc(OC)cc1)N1CCC(C(=O)OCC)CC1. The van der Waals surface area contributed by atoms with Crippen molar-refractivity contribution >= 4 is 11.9 Å². The maximum Gasteiger partial charge on any atom is 0.309 e. The normalized spacial score (nSPS) is 16.4. The smallest absolute Gasteiger partial charge is 0.309 e. The number of rotatable bonds is 8. The second-order valence-electron chi connectivity index (χ2n) is 6.81. The number of nitrogens with zero attached hydrogens (tertiary/aromatic N) is 2. The lowest BCUT2D eigenvalue weighted by atomic mass is 9.97. The zero-order valence-corrected chi connectivity index (χ0v) is 17.4. The van der Waals surface area contributed by atoms with Gasteiger partial charge >= 0.3 is 5.97 Å². The van der Waals surface area contributed by atoms with Crippen LogP contribution in [0.4, 0.5) is 0 Å². The molecule has 1 heterocycles. The molecule has 0 aromatic heterocycles. The number of hydrogen-bond acceptors (Lipinski definition) is 5. The monoisotopic (exact) mass is 391 g/mol. The van der Waals surface area contributed by atoms with Gasteiger partial charge in [-0.3, -0.25) is 4.79 Å². The van der Waals surface area contributed by atoms with Crippen molar-refractivity contribution in [2.24, 2.45) is 10.9 Å². The summed E-state index contributed by atoms with van der Waals surface area (Å²) >= 11 is 0. The number of aliphatic imine (C=N–C) groups is 1. The van der Waals surface area contributed by atoms with Gasteiger partial charge in [-0.2, -0.15) is 0 Å². The van der Waals surface area contributed by atoms with Gasteiger partial charge in [-0.25, -0.2) is 4.99 Å². The van der Waals surface area contributed by atoms with E-state index in [2.05, 4.69) is 17.1 Å². The molecule has 1 aliphatic rings. The summed E-state index contributed by atoms with van der Waals surface area (Å²) in [6, 6.07) is 7.54. The van der Waals surface area contributed by atoms with Crippen LogP contribution in [0.25, 0.3) is 0 Å². The lowest BCUT2D eigenvalue weighted by Gasteiger charge is -2.33. The molecule has 0 bridgehead atoms. The number of esters is 1. The zero-order chi connectivity index (χ0) is 20.4. The average molecular weight is 392 g/mol. The number of methoxy groups -OCH3 is 1. The Morgan fingerprint density at radius 1 is 1.21 bits per heavy atom. The lowest BCUT2D eigenvalue weighted by Crippen LogP contribution is -2.47. The van der Waals surface area contributed by atoms with Gasteiger partial charge in [0.15, 0.2) is 5.96 Å². The summed E-state index contributed by atoms with van der Waals surface area (Å²) in [4.78, 5) is 18.9. The number of hydrogen-bond donors (Lipinski definition) is 1. The lowest BCUT2D eigenvalue weighted by molar-refractivity contribution is -0.149. The van der Waals surface area contributed by atoms with E-state index in [0.717, 1.165) is 49.9 Å². The van der Waals surface area contributed by atoms with E-state index in [0.29, 0.717) is 13.2 Å². The average Bonchev–Trinajstić information content (AvgIpc) is 2.72. The van der Waals surface area contributed by atoms with E-state index < -0.39 is 0 Å². The molecule has 7 nitrogen and oxygen atoms in total. The highest BCUT2D eigenvalue weighted by Gasteiger charge is 2.27. The molecule has 2 rings (SSSR count). The molecule has 1 fully saturated rings. The molecule has 1 atom stereocenters. The standard InChI is InChI=1S/C21H33N3O4/c1-5-22-21(24-13-11-17(12-14-24)20(25)27-6-2)23-15-16(3)28-19-9-7-18(26-4)8-10-19/h7-10,16-17H,5-6,11-15H2,1-4H3,(H,22,23). The van der Waals surface area contributed by atoms with Crippen LogP contribution in [0.5, 0.6) is 11.5 Å². The Balaban J connectivity index is 1.88. The second kappa shape index (κ2) is 11.4. The van der Waals surface area contributed by atoms with Crippen LogP contribution in [0.15, 0.2) is 29.3 Å². The minimum Gasteiger partial charge on any atom is -0.497 e. The number of benzene rings is 1. The molecular formula is C21H33N3O4. The molecule has 7 heteroatoms. The summed E-state index contributed by atoms with van der Waals surface area (Å²) < 4.78 is 16.2. The first kappa shape index (κ1) is 21.9. The number of piperidine rings is 1. The van der Waals surface area contributed by atoms with E-state index in [1.54, 1.807) is 7.11 Å². The van der Waals surface area contributed by atoms with E-state index in [1.165, 1.54) is 0 Å². The van der Waals surface area contributed by atoms with E-state index >= 15 is 0 Å². The van der Waals surface area contributed by atoms with Crippen LogP contribution in [0.1, 0.15) is 33.6 Å². The fourth-order valence-electron chi connectivity index (χ4n) is 3.15. The van der Waals surface area contributed by atoms with Crippen molar-refractivity contribution in [3.05, 3.63) is 24.3 Å². The van der Waals surface area contributed by atoms with Crippen molar-refractivity contribution in [1.82, 2.24) is 10.2 Å². The maximum atomic E-state index is 11.9. The third-order valence-corrected chi connectivity index (χ3v) is 4.64. The molecule has 1 aromatic carbocycles. The Morgan fingerprint density at radius 3 is 2.43 bits per heavy atom. The second-order valence-corrected chi connectivity index (χ2v) is 6.81. The van der Waals surface area contributed by atoms with Gasteiger partial charge in [-0.1, -0.05) is 0 Å². The molecule has 1 aliphatic heterocycles. The first-order valence-corrected chi connectivity index (χ1v) is 10.1. The molecule has 1 aromatic rings. The predicted molar refractivity (Wildman–Crippen MR) is 110 cm³/mol. The first-order valence-electron chi connectivity index (χ1n) is 10.1. The van der Waals surface area contributed by atoms with Gasteiger partial charge in [0.1, 0.15) is 17.6 Å². The van der Waals surface area contributed by atoms with Crippen LogP contribution in [-0.4, -0.2) is 62.8 Å². The summed E-state index contributed by atoms with van der Waals surface area (Å²) in [7, 11) is 1.64. The molecule has 0 spiro atoms. The van der Waals surface area contributed by atoms with Crippen LogP contribution >= 0.6 is 0 Å². The number of carbonyl (C=O) groups is 1. The van der Waals surface area contributed by atoms with Gasteiger partial charge in [0.2, 0.25) is 0 Å². The van der Waals surface area contributed by atoms with E-state index in [1.807, 2.05) is 38.1 Å². The maximum absolute atomic E-state index is 11.9. The highest BCUT2D eigenvalue weighted by molar-refractivity contribution is 5.80. The van der Waals surface area contributed by atoms with Crippen molar-refractivity contribution in [3.63, 3.8) is 0 Å². The van der Waals surface area contributed by atoms with Crippen LogP contribution in [0.3, 0.4) is 0 Å². The van der Waals surface area contributed by atoms with Gasteiger partial charge in [0, 0.05) is 19.6 Å². The molecule has 0 saturated carbocycles. The summed E-state index contributed by atoms with van der Waals surface area (Å²) in [5.74, 6) is 2.39. The van der Waals surface area contributed by atoms with Crippen LogP contribution in [-0.2, 0) is 9.53 Å². The molecule has 0 radical (unpaired) electrons. The Kier molecular flexibility index (Phi) is 8.91. The van der Waals surface area contributed by atoms with Crippen molar-refractivity contribution in [1.29, 1.82) is 0 Å². The molecule has 0 amide bonds. The van der Waals surface area contributed by atoms with Gasteiger partial charge in [0.05, 0.1) is 26.2 Å². The van der Waals surface area contributed by atoms with Crippen LogP contribution in [0.2, 0.25) is 0 Å².